The molecule has 0 aliphatic carbocycles. The van der Waals surface area contributed by atoms with Crippen molar-refractivity contribution in [3.05, 3.63) is 52.5 Å². The van der Waals surface area contributed by atoms with Crippen LogP contribution in [-0.4, -0.2) is 74.8 Å². The van der Waals surface area contributed by atoms with Crippen molar-refractivity contribution in [2.45, 2.75) is 45.1 Å². The fraction of sp³-hybridized carbons (Fsp3) is 0.348. The minimum atomic E-state index is -1.64. The number of nitrogens with one attached hydrogen (secondary N) is 1. The maximum absolute atomic E-state index is 14.2. The Bertz CT molecular complexity index is 1420. The van der Waals surface area contributed by atoms with Gasteiger partial charge in [-0.15, -0.1) is 0 Å². The van der Waals surface area contributed by atoms with Gasteiger partial charge in [0.25, 0.3) is 0 Å². The Balaban J connectivity index is 1.71. The summed E-state index contributed by atoms with van der Waals surface area (Å²) in [5.74, 6) is -0.504. The molecule has 0 bridgehead atoms. The Morgan fingerprint density at radius 2 is 1.94 bits per heavy atom. The van der Waals surface area contributed by atoms with Crippen LogP contribution in [0.15, 0.2) is 37.1 Å². The van der Waals surface area contributed by atoms with E-state index < -0.39 is 39.0 Å². The third kappa shape index (κ3) is 5.92. The van der Waals surface area contributed by atoms with E-state index in [9.17, 15) is 19.4 Å². The van der Waals surface area contributed by atoms with Crippen LogP contribution in [0.2, 0.25) is 5.02 Å². The van der Waals surface area contributed by atoms with Crippen LogP contribution in [0, 0.1) is 0 Å². The number of hydrogen-bond acceptors (Lipinski definition) is 8. The second-order valence-corrected chi connectivity index (χ2v) is 13.7. The van der Waals surface area contributed by atoms with Crippen LogP contribution in [0.25, 0.3) is 16.9 Å². The number of thiazole rings is 1. The molecule has 1 amide bonds. The topological polar surface area (TPSA) is 126 Å². The molecule has 0 saturated carbocycles. The van der Waals surface area contributed by atoms with E-state index in [2.05, 4.69) is 25.4 Å². The van der Waals surface area contributed by atoms with Crippen molar-refractivity contribution in [1.29, 1.82) is 0 Å². The van der Waals surface area contributed by atoms with Gasteiger partial charge in [-0.3, -0.25) is 0 Å². The summed E-state index contributed by atoms with van der Waals surface area (Å²) in [4.78, 5) is 27.0. The van der Waals surface area contributed by atoms with E-state index in [1.54, 1.807) is 43.0 Å². The zero-order valence-electron chi connectivity index (χ0n) is 19.9. The van der Waals surface area contributed by atoms with E-state index in [0.717, 1.165) is 3.80 Å². The van der Waals surface area contributed by atoms with Crippen LogP contribution in [-0.2, 0) is 5.60 Å². The first-order valence-corrected chi connectivity index (χ1v) is 13.9. The van der Waals surface area contributed by atoms with Gasteiger partial charge in [-0.2, -0.15) is 0 Å². The number of nitrogens with zero attached hydrogens (tertiary/aromatic N) is 5. The molecule has 13 heteroatoms. The Hall–Kier alpha value is -2.43. The Labute approximate surface area is 222 Å². The van der Waals surface area contributed by atoms with Gasteiger partial charge in [-0.05, 0) is 0 Å². The van der Waals surface area contributed by atoms with Crippen LogP contribution < -0.4 is 13.5 Å². The molecule has 36 heavy (non-hydrogen) atoms. The van der Waals surface area contributed by atoms with Crippen LogP contribution in [0.3, 0.4) is 0 Å². The number of rotatable bonds is 8. The number of hydrogen-bond donors (Lipinski definition) is 3. The molecule has 0 aliphatic heterocycles. The molecule has 0 aromatic carbocycles. The molecule has 0 fully saturated rings. The molecule has 1 atom stereocenters. The minimum absolute atomic E-state index is 0.286. The average molecular weight is 594 g/mol. The fourth-order valence-electron chi connectivity index (χ4n) is 3.12. The van der Waals surface area contributed by atoms with Gasteiger partial charge in [0.05, 0.1) is 0 Å². The number of carbonyl (C=O) groups is 1. The van der Waals surface area contributed by atoms with Crippen LogP contribution in [0.1, 0.15) is 42.9 Å². The number of aromatic nitrogens is 5. The number of pyridine rings is 1. The zero-order valence-corrected chi connectivity index (χ0v) is 23.3. The summed E-state index contributed by atoms with van der Waals surface area (Å²) in [5, 5.41) is 27.4. The molecule has 189 valence electrons. The molecule has 0 spiro atoms. The number of carbonyl (C=O) groups excluding carboxylic acids is 1. The van der Waals surface area contributed by atoms with Crippen LogP contribution in [0.4, 0.5) is 4.39 Å². The summed E-state index contributed by atoms with van der Waals surface area (Å²) in [6.07, 6.45) is 6.19. The first-order valence-electron chi connectivity index (χ1n) is 10.9. The molecule has 1 radical (unpaired) electrons. The van der Waals surface area contributed by atoms with Gasteiger partial charge in [0, 0.05) is 0 Å². The zero-order chi connectivity index (χ0) is 26.3. The van der Waals surface area contributed by atoms with Gasteiger partial charge >= 0.3 is 223 Å². The van der Waals surface area contributed by atoms with E-state index in [1.165, 1.54) is 37.6 Å². The molecule has 4 aromatic rings. The monoisotopic (exact) mass is 593 g/mol. The molecule has 4 rings (SSSR count). The molecular weight excluding hydrogens is 570 g/mol. The third-order valence-corrected chi connectivity index (χ3v) is 9.53. The van der Waals surface area contributed by atoms with Gasteiger partial charge in [-0.1, -0.05) is 0 Å². The summed E-state index contributed by atoms with van der Waals surface area (Å²) >= 11 is 6.61. The normalized spacial score (nSPS) is 13.6. The van der Waals surface area contributed by atoms with E-state index in [-0.39, 0.29) is 12.1 Å². The molecule has 0 unspecified atom stereocenters. The quantitative estimate of drug-likeness (QED) is 0.265. The van der Waals surface area contributed by atoms with Crippen molar-refractivity contribution in [2.24, 2.45) is 0 Å². The predicted molar refractivity (Wildman–Crippen MR) is 137 cm³/mol. The summed E-state index contributed by atoms with van der Waals surface area (Å²) in [6, 6.07) is 1.79. The van der Waals surface area contributed by atoms with Gasteiger partial charge in [0.1, 0.15) is 0 Å². The Morgan fingerprint density at radius 3 is 2.61 bits per heavy atom. The van der Waals surface area contributed by atoms with E-state index in [1.807, 2.05) is 0 Å². The Kier molecular flexibility index (Phi) is 7.50. The third-order valence-electron chi connectivity index (χ3n) is 5.25. The van der Waals surface area contributed by atoms with Crippen molar-refractivity contribution in [2.75, 3.05) is 6.54 Å². The van der Waals surface area contributed by atoms with Crippen molar-refractivity contribution < 1.29 is 19.4 Å². The van der Waals surface area contributed by atoms with E-state index >= 15 is 0 Å². The molecule has 4 aromatic heterocycles. The van der Waals surface area contributed by atoms with Crippen LogP contribution in [0.5, 0.6) is 0 Å². The number of aliphatic hydroxyl groups is 2. The average Bonchev–Trinajstić information content (AvgIpc) is 3.43. The second-order valence-electron chi connectivity index (χ2n) is 9.19. The molecular formula is C23H24AsClFN6O3S. The second kappa shape index (κ2) is 10.1. The molecule has 4 heterocycles. The summed E-state index contributed by atoms with van der Waals surface area (Å²) in [5.41, 5.74) is -0.566. The molecule has 9 nitrogen and oxygen atoms in total. The fourth-order valence-corrected chi connectivity index (χ4v) is 7.04. The first kappa shape index (κ1) is 26.6. The molecule has 0 aliphatic rings. The van der Waals surface area contributed by atoms with Gasteiger partial charge in [0.2, 0.25) is 0 Å². The number of halogens is 2. The van der Waals surface area contributed by atoms with Crippen molar-refractivity contribution in [3.8, 4) is 11.3 Å². The SMILES string of the molecule is CC(C)(O)c1cnc([As]c2cc(-c3cnn4cc(Cl)cnc34)ncc2C(=O)NC[C@@H](F)C(C)(C)O)s1. The molecule has 0 saturated heterocycles. The summed E-state index contributed by atoms with van der Waals surface area (Å²) in [7, 11) is 0. The number of alkyl halides is 1. The first-order chi connectivity index (χ1) is 16.8. The predicted octanol–water partition coefficient (Wildman–Crippen LogP) is 1.62. The number of amides is 1. The van der Waals surface area contributed by atoms with Gasteiger partial charge < -0.3 is 0 Å². The Morgan fingerprint density at radius 1 is 1.19 bits per heavy atom. The van der Waals surface area contributed by atoms with Crippen molar-refractivity contribution in [1.82, 2.24) is 29.9 Å². The van der Waals surface area contributed by atoms with E-state index in [0.29, 0.717) is 31.2 Å². The van der Waals surface area contributed by atoms with Gasteiger partial charge in [-0.25, -0.2) is 0 Å². The standard InChI is InChI=1S/C23H24AsClFN6O3S/c1-22(2,34)17(26)9-29-20(33)13-7-27-16(14-8-31-32-11-12(25)6-28-19(14)32)5-15(13)24-21-30-10-18(36-21)23(3,4)35/h5-8,10-11,17,34-35H,9H2,1-4H3,(H,29,33)/t17-/m1/s1. The number of fused-ring (bicyclic) bond motifs is 1. The summed E-state index contributed by atoms with van der Waals surface area (Å²) in [6.45, 7) is 5.71. The molecule has 3 N–H and O–H groups in total. The van der Waals surface area contributed by atoms with Crippen molar-refractivity contribution >= 4 is 58.4 Å². The van der Waals surface area contributed by atoms with Crippen molar-refractivity contribution in [3.63, 3.8) is 0 Å². The van der Waals surface area contributed by atoms with Crippen LogP contribution >= 0.6 is 22.9 Å². The summed E-state index contributed by atoms with van der Waals surface area (Å²) < 4.78 is 17.3. The maximum atomic E-state index is 14.2. The van der Waals surface area contributed by atoms with Gasteiger partial charge in [0.15, 0.2) is 0 Å². The van der Waals surface area contributed by atoms with E-state index in [4.69, 9.17) is 11.6 Å².